The number of hydrogen-bond acceptors (Lipinski definition) is 6. The maximum absolute atomic E-state index is 12.7. The van der Waals surface area contributed by atoms with E-state index in [0.717, 1.165) is 0 Å². The van der Waals surface area contributed by atoms with Crippen LogP contribution in [0.25, 0.3) is 11.1 Å². The molecule has 0 spiro atoms. The topological polar surface area (TPSA) is 102 Å². The Kier molecular flexibility index (Phi) is 5.35. The lowest BCUT2D eigenvalue weighted by molar-refractivity contribution is 0.150. The lowest BCUT2D eigenvalue weighted by Crippen LogP contribution is -2.36. The van der Waals surface area contributed by atoms with E-state index in [9.17, 15) is 13.2 Å². The summed E-state index contributed by atoms with van der Waals surface area (Å²) in [6.07, 6.45) is 0. The van der Waals surface area contributed by atoms with Crippen LogP contribution in [0.5, 0.6) is 0 Å². The summed E-state index contributed by atoms with van der Waals surface area (Å²) in [5, 5.41) is 0. The van der Waals surface area contributed by atoms with Gasteiger partial charge in [0.25, 0.3) is 0 Å². The van der Waals surface area contributed by atoms with Gasteiger partial charge in [0.2, 0.25) is 10.0 Å². The van der Waals surface area contributed by atoms with Gasteiger partial charge in [-0.1, -0.05) is 0 Å². The van der Waals surface area contributed by atoms with Crippen LogP contribution in [-0.2, 0) is 19.5 Å². The van der Waals surface area contributed by atoms with Gasteiger partial charge in [-0.05, 0) is 12.1 Å². The van der Waals surface area contributed by atoms with Crippen molar-refractivity contribution < 1.29 is 22.3 Å². The number of methoxy groups -OCH3 is 2. The smallest absolute Gasteiger partial charge is 0.408 e. The molecule has 2 aromatic rings. The summed E-state index contributed by atoms with van der Waals surface area (Å²) in [5.41, 5.74) is 0.647. The van der Waals surface area contributed by atoms with E-state index in [-0.39, 0.29) is 36.8 Å². The second-order valence-corrected chi connectivity index (χ2v) is 6.50. The first kappa shape index (κ1) is 16.7. The standard InChI is InChI=1S/C13H18N2O6S/c1-19-7-5-15(6-8-20-2)22(17,18)10-3-4-11-12(9-10)21-13(16)14-11/h3-4,9H,5-8H2,1-2H3,(H,14,16). The molecule has 1 aromatic carbocycles. The molecule has 0 amide bonds. The Hall–Kier alpha value is -1.68. The zero-order valence-electron chi connectivity index (χ0n) is 12.4. The fourth-order valence-corrected chi connectivity index (χ4v) is 3.40. The van der Waals surface area contributed by atoms with Crippen molar-refractivity contribution in [3.63, 3.8) is 0 Å². The molecule has 0 aliphatic carbocycles. The summed E-state index contributed by atoms with van der Waals surface area (Å²) >= 11 is 0. The van der Waals surface area contributed by atoms with Crippen LogP contribution in [0, 0.1) is 0 Å². The van der Waals surface area contributed by atoms with Gasteiger partial charge >= 0.3 is 5.76 Å². The zero-order valence-corrected chi connectivity index (χ0v) is 13.2. The molecule has 8 nitrogen and oxygen atoms in total. The highest BCUT2D eigenvalue weighted by atomic mass is 32.2. The first-order valence-electron chi connectivity index (χ1n) is 6.60. The number of H-pyrrole nitrogens is 1. The second kappa shape index (κ2) is 7.05. The Labute approximate surface area is 127 Å². The Morgan fingerprint density at radius 2 is 1.82 bits per heavy atom. The molecule has 122 valence electrons. The van der Waals surface area contributed by atoms with E-state index >= 15 is 0 Å². The number of oxazole rings is 1. The SMILES string of the molecule is COCCN(CCOC)S(=O)(=O)c1ccc2[nH]c(=O)oc2c1. The van der Waals surface area contributed by atoms with Gasteiger partial charge in [0, 0.05) is 33.4 Å². The van der Waals surface area contributed by atoms with Gasteiger partial charge in [0.05, 0.1) is 23.6 Å². The van der Waals surface area contributed by atoms with Gasteiger partial charge < -0.3 is 13.9 Å². The first-order valence-corrected chi connectivity index (χ1v) is 8.04. The van der Waals surface area contributed by atoms with Crippen LogP contribution in [-0.4, -0.2) is 58.2 Å². The Morgan fingerprint density at radius 3 is 2.41 bits per heavy atom. The molecule has 0 saturated carbocycles. The number of nitrogens with one attached hydrogen (secondary N) is 1. The number of nitrogens with zero attached hydrogens (tertiary/aromatic N) is 1. The van der Waals surface area contributed by atoms with Crippen LogP contribution in [0.1, 0.15) is 0 Å². The summed E-state index contributed by atoms with van der Waals surface area (Å²) in [7, 11) is -0.727. The number of rotatable bonds is 8. The predicted molar refractivity (Wildman–Crippen MR) is 79.3 cm³/mol. The highest BCUT2D eigenvalue weighted by Crippen LogP contribution is 2.20. The van der Waals surface area contributed by atoms with Gasteiger partial charge in [0.1, 0.15) is 0 Å². The molecule has 0 fully saturated rings. The van der Waals surface area contributed by atoms with Crippen LogP contribution in [0.15, 0.2) is 32.3 Å². The minimum absolute atomic E-state index is 0.0509. The van der Waals surface area contributed by atoms with Crippen molar-refractivity contribution >= 4 is 21.1 Å². The molecule has 0 aliphatic heterocycles. The van der Waals surface area contributed by atoms with Crippen LogP contribution in [0.2, 0.25) is 0 Å². The van der Waals surface area contributed by atoms with Gasteiger partial charge in [0.15, 0.2) is 5.58 Å². The molecular formula is C13H18N2O6S. The van der Waals surface area contributed by atoms with Crippen molar-refractivity contribution in [2.45, 2.75) is 4.90 Å². The number of hydrogen-bond donors (Lipinski definition) is 1. The number of benzene rings is 1. The highest BCUT2D eigenvalue weighted by Gasteiger charge is 2.24. The van der Waals surface area contributed by atoms with Crippen LogP contribution in [0.3, 0.4) is 0 Å². The minimum Gasteiger partial charge on any atom is -0.408 e. The molecule has 1 aromatic heterocycles. The van der Waals surface area contributed by atoms with Crippen molar-refractivity contribution in [1.29, 1.82) is 0 Å². The first-order chi connectivity index (χ1) is 10.5. The van der Waals surface area contributed by atoms with Gasteiger partial charge in [-0.3, -0.25) is 4.98 Å². The molecular weight excluding hydrogens is 312 g/mol. The summed E-state index contributed by atoms with van der Waals surface area (Å²) < 4.78 is 41.4. The maximum atomic E-state index is 12.7. The molecule has 0 atom stereocenters. The lowest BCUT2D eigenvalue weighted by atomic mass is 10.3. The number of sulfonamides is 1. The number of aromatic amines is 1. The molecule has 0 aliphatic rings. The van der Waals surface area contributed by atoms with Gasteiger partial charge in [-0.15, -0.1) is 0 Å². The quantitative estimate of drug-likeness (QED) is 0.752. The average molecular weight is 330 g/mol. The zero-order chi connectivity index (χ0) is 16.2. The molecule has 9 heteroatoms. The molecule has 2 rings (SSSR count). The van der Waals surface area contributed by atoms with E-state index in [4.69, 9.17) is 13.9 Å². The Bertz CT molecular complexity index is 771. The highest BCUT2D eigenvalue weighted by molar-refractivity contribution is 7.89. The molecule has 1 heterocycles. The van der Waals surface area contributed by atoms with E-state index in [2.05, 4.69) is 4.98 Å². The number of fused-ring (bicyclic) bond motifs is 1. The van der Waals surface area contributed by atoms with E-state index in [1.807, 2.05) is 0 Å². The van der Waals surface area contributed by atoms with Crippen molar-refractivity contribution in [3.05, 3.63) is 28.7 Å². The average Bonchev–Trinajstić information content (AvgIpc) is 2.86. The summed E-state index contributed by atoms with van der Waals surface area (Å²) in [6, 6.07) is 4.25. The lowest BCUT2D eigenvalue weighted by Gasteiger charge is -2.21. The number of aromatic nitrogens is 1. The number of ether oxygens (including phenoxy) is 2. The summed E-state index contributed by atoms with van der Waals surface area (Å²) in [6.45, 7) is 0.948. The van der Waals surface area contributed by atoms with Crippen molar-refractivity contribution in [2.24, 2.45) is 0 Å². The van der Waals surface area contributed by atoms with E-state index < -0.39 is 15.8 Å². The summed E-state index contributed by atoms with van der Waals surface area (Å²) in [5.74, 6) is -0.625. The maximum Gasteiger partial charge on any atom is 0.417 e. The fraction of sp³-hybridized carbons (Fsp3) is 0.462. The minimum atomic E-state index is -3.73. The normalized spacial score (nSPS) is 12.3. The monoisotopic (exact) mass is 330 g/mol. The van der Waals surface area contributed by atoms with Gasteiger partial charge in [-0.25, -0.2) is 13.2 Å². The fourth-order valence-electron chi connectivity index (χ4n) is 1.97. The van der Waals surface area contributed by atoms with Crippen LogP contribution < -0.4 is 5.76 Å². The van der Waals surface area contributed by atoms with Crippen LogP contribution >= 0.6 is 0 Å². The molecule has 0 saturated heterocycles. The third-order valence-corrected chi connectivity index (χ3v) is 5.01. The van der Waals surface area contributed by atoms with Gasteiger partial charge in [-0.2, -0.15) is 4.31 Å². The molecule has 22 heavy (non-hydrogen) atoms. The Morgan fingerprint density at radius 1 is 1.18 bits per heavy atom. The van der Waals surface area contributed by atoms with Crippen molar-refractivity contribution in [1.82, 2.24) is 9.29 Å². The van der Waals surface area contributed by atoms with Crippen molar-refractivity contribution in [2.75, 3.05) is 40.5 Å². The van der Waals surface area contributed by atoms with E-state index in [1.54, 1.807) is 0 Å². The third kappa shape index (κ3) is 3.55. The molecule has 0 unspecified atom stereocenters. The largest absolute Gasteiger partial charge is 0.417 e. The molecule has 0 bridgehead atoms. The molecule has 0 radical (unpaired) electrons. The predicted octanol–water partition coefficient (Wildman–Crippen LogP) is 0.405. The Balaban J connectivity index is 2.36. The van der Waals surface area contributed by atoms with E-state index in [0.29, 0.717) is 5.52 Å². The van der Waals surface area contributed by atoms with E-state index in [1.165, 1.54) is 36.7 Å². The second-order valence-electron chi connectivity index (χ2n) is 4.56. The van der Waals surface area contributed by atoms with Crippen LogP contribution in [0.4, 0.5) is 0 Å². The third-order valence-electron chi connectivity index (χ3n) is 3.12. The summed E-state index contributed by atoms with van der Waals surface area (Å²) in [4.78, 5) is 13.7. The molecule has 1 N–H and O–H groups in total. The van der Waals surface area contributed by atoms with Crippen molar-refractivity contribution in [3.8, 4) is 0 Å².